The molecule has 0 spiro atoms. The summed E-state index contributed by atoms with van der Waals surface area (Å²) in [4.78, 5) is 34.7. The number of aromatic nitrogens is 2. The second kappa shape index (κ2) is 7.63. The number of thiophene rings is 1. The summed E-state index contributed by atoms with van der Waals surface area (Å²) in [5, 5.41) is 0.697. The number of H-pyrrole nitrogens is 1. The fourth-order valence-corrected chi connectivity index (χ4v) is 5.18. The van der Waals surface area contributed by atoms with Gasteiger partial charge in [0.1, 0.15) is 10.6 Å². The molecule has 7 heteroatoms. The van der Waals surface area contributed by atoms with Gasteiger partial charge < -0.3 is 14.5 Å². The first-order valence-electron chi connectivity index (χ1n) is 9.77. The van der Waals surface area contributed by atoms with Crippen LogP contribution in [-0.2, 0) is 17.6 Å². The van der Waals surface area contributed by atoms with Gasteiger partial charge in [-0.2, -0.15) is 0 Å². The Hall–Kier alpha value is -2.67. The molecular formula is C22H24N2O4S. The molecule has 0 saturated carbocycles. The third-order valence-electron chi connectivity index (χ3n) is 5.50. The van der Waals surface area contributed by atoms with Crippen LogP contribution in [0, 0.1) is 12.8 Å². The molecule has 0 radical (unpaired) electrons. The topological polar surface area (TPSA) is 81.3 Å². The summed E-state index contributed by atoms with van der Waals surface area (Å²) in [6.45, 7) is 5.85. The molecule has 1 aliphatic carbocycles. The molecule has 1 aliphatic rings. The Balaban J connectivity index is 1.61. The standard InChI is InChI=1S/C22H24N2O4S/c1-11-5-8-15-17(9-11)29-21-18(15)20(25)23-19(24-21)13(3)28-22(26)14-7-6-12(2)16(10-14)27-4/h6-7,10-11,13H,5,8-9H2,1-4H3,(H,23,24,25)/t11-,13-/m0/s1. The molecule has 29 heavy (non-hydrogen) atoms. The van der Waals surface area contributed by atoms with Crippen LogP contribution in [0.4, 0.5) is 0 Å². The maximum absolute atomic E-state index is 12.7. The van der Waals surface area contributed by atoms with E-state index in [1.807, 2.05) is 13.0 Å². The van der Waals surface area contributed by atoms with E-state index in [4.69, 9.17) is 9.47 Å². The predicted octanol–water partition coefficient (Wildman–Crippen LogP) is 4.34. The Morgan fingerprint density at radius 3 is 2.93 bits per heavy atom. The fraction of sp³-hybridized carbons (Fsp3) is 0.409. The van der Waals surface area contributed by atoms with Crippen molar-refractivity contribution in [3.8, 4) is 5.75 Å². The predicted molar refractivity (Wildman–Crippen MR) is 113 cm³/mol. The summed E-state index contributed by atoms with van der Waals surface area (Å²) in [6.07, 6.45) is 2.32. The van der Waals surface area contributed by atoms with Gasteiger partial charge in [0.05, 0.1) is 18.1 Å². The Labute approximate surface area is 172 Å². The molecule has 0 amide bonds. The average molecular weight is 413 g/mol. The van der Waals surface area contributed by atoms with Crippen molar-refractivity contribution in [2.45, 2.75) is 46.1 Å². The number of rotatable bonds is 4. The SMILES string of the molecule is COc1cc(C(=O)O[C@@H](C)c2nc3sc4c(c3c(=O)[nH]2)CC[C@H](C)C4)ccc1C. The number of hydrogen-bond donors (Lipinski definition) is 1. The number of esters is 1. The van der Waals surface area contributed by atoms with Crippen molar-refractivity contribution >= 4 is 27.5 Å². The third kappa shape index (κ3) is 3.67. The van der Waals surface area contributed by atoms with Gasteiger partial charge >= 0.3 is 5.97 Å². The smallest absolute Gasteiger partial charge is 0.338 e. The molecule has 2 atom stereocenters. The number of carbonyl (C=O) groups is 1. The maximum atomic E-state index is 12.7. The lowest BCUT2D eigenvalue weighted by Gasteiger charge is -2.17. The zero-order chi connectivity index (χ0) is 20.7. The number of carbonyl (C=O) groups excluding carboxylic acids is 1. The molecule has 0 fully saturated rings. The van der Waals surface area contributed by atoms with Crippen LogP contribution < -0.4 is 10.3 Å². The van der Waals surface area contributed by atoms with Crippen LogP contribution in [0.3, 0.4) is 0 Å². The Kier molecular flexibility index (Phi) is 5.17. The number of ether oxygens (including phenoxy) is 2. The van der Waals surface area contributed by atoms with E-state index >= 15 is 0 Å². The van der Waals surface area contributed by atoms with E-state index in [2.05, 4.69) is 16.9 Å². The monoisotopic (exact) mass is 412 g/mol. The largest absolute Gasteiger partial charge is 0.496 e. The highest BCUT2D eigenvalue weighted by Gasteiger charge is 2.24. The number of nitrogens with zero attached hydrogens (tertiary/aromatic N) is 1. The van der Waals surface area contributed by atoms with Crippen LogP contribution in [0.2, 0.25) is 0 Å². The number of hydrogen-bond acceptors (Lipinski definition) is 6. The van der Waals surface area contributed by atoms with Crippen molar-refractivity contribution in [3.05, 3.63) is 55.9 Å². The molecule has 152 valence electrons. The van der Waals surface area contributed by atoms with Gasteiger partial charge in [-0.15, -0.1) is 11.3 Å². The van der Waals surface area contributed by atoms with E-state index in [9.17, 15) is 9.59 Å². The number of aromatic amines is 1. The molecule has 1 N–H and O–H groups in total. The first-order valence-corrected chi connectivity index (χ1v) is 10.6. The molecule has 0 saturated heterocycles. The van der Waals surface area contributed by atoms with E-state index in [1.54, 1.807) is 37.5 Å². The molecule has 2 aromatic heterocycles. The zero-order valence-corrected chi connectivity index (χ0v) is 17.8. The number of fused-ring (bicyclic) bond motifs is 3. The van der Waals surface area contributed by atoms with Crippen LogP contribution in [0.25, 0.3) is 10.2 Å². The quantitative estimate of drug-likeness (QED) is 0.645. The minimum Gasteiger partial charge on any atom is -0.496 e. The van der Waals surface area contributed by atoms with E-state index in [1.165, 1.54) is 4.88 Å². The summed E-state index contributed by atoms with van der Waals surface area (Å²) in [7, 11) is 1.56. The first kappa shape index (κ1) is 19.6. The molecule has 2 heterocycles. The molecule has 3 aromatic rings. The summed E-state index contributed by atoms with van der Waals surface area (Å²) in [6, 6.07) is 5.16. The lowest BCUT2D eigenvalue weighted by atomic mass is 9.89. The molecule has 1 aromatic carbocycles. The summed E-state index contributed by atoms with van der Waals surface area (Å²) in [5.41, 5.74) is 2.31. The van der Waals surface area contributed by atoms with Crippen molar-refractivity contribution in [1.82, 2.24) is 9.97 Å². The summed E-state index contributed by atoms with van der Waals surface area (Å²) < 4.78 is 10.8. The number of aryl methyl sites for hydroxylation is 2. The molecular weight excluding hydrogens is 388 g/mol. The minimum atomic E-state index is -0.676. The normalized spacial score (nSPS) is 17.0. The number of methoxy groups -OCH3 is 1. The van der Waals surface area contributed by atoms with Gasteiger partial charge in [-0.3, -0.25) is 4.79 Å². The Morgan fingerprint density at radius 1 is 1.38 bits per heavy atom. The highest BCUT2D eigenvalue weighted by atomic mass is 32.1. The van der Waals surface area contributed by atoms with Crippen LogP contribution in [0.15, 0.2) is 23.0 Å². The van der Waals surface area contributed by atoms with Gasteiger partial charge in [0.2, 0.25) is 0 Å². The molecule has 0 aliphatic heterocycles. The van der Waals surface area contributed by atoms with E-state index in [0.29, 0.717) is 28.4 Å². The lowest BCUT2D eigenvalue weighted by Crippen LogP contribution is -2.18. The second-order valence-electron chi connectivity index (χ2n) is 7.72. The van der Waals surface area contributed by atoms with Gasteiger partial charge in [0.25, 0.3) is 5.56 Å². The number of nitrogens with one attached hydrogen (secondary N) is 1. The van der Waals surface area contributed by atoms with Crippen LogP contribution in [0.5, 0.6) is 5.75 Å². The second-order valence-corrected chi connectivity index (χ2v) is 8.80. The highest BCUT2D eigenvalue weighted by molar-refractivity contribution is 7.18. The van der Waals surface area contributed by atoms with Gasteiger partial charge in [0, 0.05) is 4.88 Å². The van der Waals surface area contributed by atoms with Crippen molar-refractivity contribution < 1.29 is 14.3 Å². The van der Waals surface area contributed by atoms with Gasteiger partial charge in [0.15, 0.2) is 11.9 Å². The summed E-state index contributed by atoms with van der Waals surface area (Å²) in [5.74, 6) is 1.12. The van der Waals surface area contributed by atoms with Crippen LogP contribution >= 0.6 is 11.3 Å². The lowest BCUT2D eigenvalue weighted by molar-refractivity contribution is 0.0319. The number of benzene rings is 1. The van der Waals surface area contributed by atoms with Crippen molar-refractivity contribution in [3.63, 3.8) is 0 Å². The van der Waals surface area contributed by atoms with Crippen LogP contribution in [0.1, 0.15) is 58.6 Å². The van der Waals surface area contributed by atoms with E-state index < -0.39 is 12.1 Å². The molecule has 0 unspecified atom stereocenters. The van der Waals surface area contributed by atoms with Crippen molar-refractivity contribution in [2.75, 3.05) is 7.11 Å². The maximum Gasteiger partial charge on any atom is 0.338 e. The van der Waals surface area contributed by atoms with Crippen molar-refractivity contribution in [1.29, 1.82) is 0 Å². The molecule has 4 rings (SSSR count). The third-order valence-corrected chi connectivity index (χ3v) is 6.64. The Morgan fingerprint density at radius 2 is 2.17 bits per heavy atom. The van der Waals surface area contributed by atoms with Gasteiger partial charge in [-0.1, -0.05) is 13.0 Å². The molecule has 0 bridgehead atoms. The highest BCUT2D eigenvalue weighted by Crippen LogP contribution is 2.36. The van der Waals surface area contributed by atoms with Gasteiger partial charge in [-0.25, -0.2) is 9.78 Å². The first-order chi connectivity index (χ1) is 13.9. The summed E-state index contributed by atoms with van der Waals surface area (Å²) >= 11 is 1.58. The fourth-order valence-electron chi connectivity index (χ4n) is 3.79. The zero-order valence-electron chi connectivity index (χ0n) is 17.0. The van der Waals surface area contributed by atoms with E-state index in [0.717, 1.165) is 35.2 Å². The minimum absolute atomic E-state index is 0.156. The molecule has 6 nitrogen and oxygen atoms in total. The van der Waals surface area contributed by atoms with Crippen LogP contribution in [-0.4, -0.2) is 23.0 Å². The average Bonchev–Trinajstić information content (AvgIpc) is 3.05. The van der Waals surface area contributed by atoms with Crippen molar-refractivity contribution in [2.24, 2.45) is 5.92 Å². The van der Waals surface area contributed by atoms with E-state index in [-0.39, 0.29) is 5.56 Å². The van der Waals surface area contributed by atoms with Gasteiger partial charge in [-0.05, 0) is 62.3 Å². The Bertz CT molecular complexity index is 1150.